The number of likely N-dealkylation sites (tertiary alicyclic amines) is 1. The molecule has 0 aliphatic carbocycles. The second kappa shape index (κ2) is 13.2. The highest BCUT2D eigenvalue weighted by Gasteiger charge is 2.30. The van der Waals surface area contributed by atoms with Crippen LogP contribution in [0, 0.1) is 5.92 Å². The Kier molecular flexibility index (Phi) is 9.12. The van der Waals surface area contributed by atoms with Gasteiger partial charge in [-0.3, -0.25) is 14.2 Å². The molecular formula is C35H38ClN3O3S. The Morgan fingerprint density at radius 1 is 1.05 bits per heavy atom. The largest absolute Gasteiger partial charge is 0.381 e. The summed E-state index contributed by atoms with van der Waals surface area (Å²) in [6, 6.07) is 15.7. The second-order valence-electron chi connectivity index (χ2n) is 11.5. The van der Waals surface area contributed by atoms with Crippen LogP contribution in [0.15, 0.2) is 58.7 Å². The number of halogens is 1. The predicted molar refractivity (Wildman–Crippen MR) is 175 cm³/mol. The molecule has 4 aromatic rings. The molecule has 1 atom stereocenters. The SMILES string of the molecule is CCc1cccc(CC)c1-n1c(CC2CCOC2)c(C(=O)N2CCCCC2)cc(-c2nc(-c3ccc(Cl)cc3)cs2)c1=O. The van der Waals surface area contributed by atoms with Gasteiger partial charge in [0, 0.05) is 48.0 Å². The van der Waals surface area contributed by atoms with Gasteiger partial charge in [-0.05, 0) is 80.2 Å². The first kappa shape index (κ1) is 29.8. The molecule has 2 aromatic carbocycles. The minimum atomic E-state index is -0.128. The first-order chi connectivity index (χ1) is 21.0. The summed E-state index contributed by atoms with van der Waals surface area (Å²) >= 11 is 7.56. The van der Waals surface area contributed by atoms with E-state index in [1.807, 2.05) is 45.2 Å². The third-order valence-electron chi connectivity index (χ3n) is 8.75. The number of thiazole rings is 1. The van der Waals surface area contributed by atoms with E-state index in [9.17, 15) is 9.59 Å². The Morgan fingerprint density at radius 2 is 1.77 bits per heavy atom. The first-order valence-electron chi connectivity index (χ1n) is 15.5. The molecule has 1 amide bonds. The Morgan fingerprint density at radius 3 is 2.42 bits per heavy atom. The molecule has 1 unspecified atom stereocenters. The predicted octanol–water partition coefficient (Wildman–Crippen LogP) is 7.61. The van der Waals surface area contributed by atoms with Crippen molar-refractivity contribution < 1.29 is 9.53 Å². The number of ether oxygens (including phenoxy) is 1. The number of piperidine rings is 1. The molecule has 2 aliphatic heterocycles. The topological polar surface area (TPSA) is 64.4 Å². The van der Waals surface area contributed by atoms with Gasteiger partial charge in [0.25, 0.3) is 11.5 Å². The van der Waals surface area contributed by atoms with Crippen LogP contribution >= 0.6 is 22.9 Å². The average Bonchev–Trinajstić information content (AvgIpc) is 3.75. The Bertz CT molecular complexity index is 1640. The number of para-hydroxylation sites is 1. The maximum atomic E-state index is 14.8. The smallest absolute Gasteiger partial charge is 0.265 e. The maximum Gasteiger partial charge on any atom is 0.265 e. The van der Waals surface area contributed by atoms with Gasteiger partial charge in [0.15, 0.2) is 0 Å². The lowest BCUT2D eigenvalue weighted by Crippen LogP contribution is -2.38. The summed E-state index contributed by atoms with van der Waals surface area (Å²) in [5, 5.41) is 3.24. The molecule has 2 fully saturated rings. The minimum absolute atomic E-state index is 0.00474. The van der Waals surface area contributed by atoms with E-state index in [1.165, 1.54) is 11.3 Å². The number of hydrogen-bond acceptors (Lipinski definition) is 5. The van der Waals surface area contributed by atoms with Gasteiger partial charge >= 0.3 is 0 Å². The number of benzene rings is 2. The molecule has 224 valence electrons. The fraction of sp³-hybridized carbons (Fsp3) is 0.400. The Hall–Kier alpha value is -3.26. The van der Waals surface area contributed by atoms with E-state index in [4.69, 9.17) is 21.3 Å². The zero-order chi connectivity index (χ0) is 29.9. The van der Waals surface area contributed by atoms with Crippen LogP contribution in [0.2, 0.25) is 5.02 Å². The molecule has 0 spiro atoms. The summed E-state index contributed by atoms with van der Waals surface area (Å²) < 4.78 is 7.64. The lowest BCUT2D eigenvalue weighted by atomic mass is 9.95. The molecule has 0 N–H and O–H groups in total. The van der Waals surface area contributed by atoms with Crippen molar-refractivity contribution in [3.8, 4) is 27.5 Å². The quantitative estimate of drug-likeness (QED) is 0.205. The van der Waals surface area contributed by atoms with E-state index < -0.39 is 0 Å². The van der Waals surface area contributed by atoms with E-state index in [2.05, 4.69) is 32.0 Å². The zero-order valence-corrected chi connectivity index (χ0v) is 26.5. The third kappa shape index (κ3) is 6.08. The number of amides is 1. The Labute approximate surface area is 262 Å². The molecule has 2 aromatic heterocycles. The number of hydrogen-bond donors (Lipinski definition) is 0. The number of aryl methyl sites for hydroxylation is 2. The summed E-state index contributed by atoms with van der Waals surface area (Å²) in [4.78, 5) is 36.1. The summed E-state index contributed by atoms with van der Waals surface area (Å²) in [7, 11) is 0. The van der Waals surface area contributed by atoms with Crippen molar-refractivity contribution in [2.45, 2.75) is 58.8 Å². The van der Waals surface area contributed by atoms with Crippen molar-refractivity contribution in [1.82, 2.24) is 14.5 Å². The van der Waals surface area contributed by atoms with Crippen LogP contribution in [0.1, 0.15) is 66.7 Å². The van der Waals surface area contributed by atoms with Crippen LogP contribution in [0.3, 0.4) is 0 Å². The maximum absolute atomic E-state index is 14.8. The van der Waals surface area contributed by atoms with Crippen LogP contribution in [-0.4, -0.2) is 46.7 Å². The van der Waals surface area contributed by atoms with Gasteiger partial charge in [0.05, 0.1) is 22.5 Å². The van der Waals surface area contributed by atoms with Crippen LogP contribution in [-0.2, 0) is 24.0 Å². The zero-order valence-electron chi connectivity index (χ0n) is 24.9. The lowest BCUT2D eigenvalue weighted by Gasteiger charge is -2.29. The van der Waals surface area contributed by atoms with E-state index in [0.717, 1.165) is 85.4 Å². The summed E-state index contributed by atoms with van der Waals surface area (Å²) in [6.45, 7) is 7.07. The number of carbonyl (C=O) groups excluding carboxylic acids is 1. The number of carbonyl (C=O) groups is 1. The van der Waals surface area contributed by atoms with Crippen molar-refractivity contribution in [3.05, 3.63) is 91.7 Å². The van der Waals surface area contributed by atoms with E-state index in [0.29, 0.717) is 40.8 Å². The standard InChI is InChI=1S/C35H38ClN3O3S/c1-3-24-9-8-10-25(4-2)32(24)39-31(19-23-15-18-42-21-23)28(34(40)38-16-6-5-7-17-38)20-29(35(39)41)33-37-30(22-43-33)26-11-13-27(36)14-12-26/h8-14,20,22-23H,3-7,15-19,21H2,1-2H3. The molecule has 6 rings (SSSR count). The van der Waals surface area contributed by atoms with E-state index in [-0.39, 0.29) is 17.4 Å². The molecular weight excluding hydrogens is 578 g/mol. The van der Waals surface area contributed by atoms with Gasteiger partial charge in [-0.2, -0.15) is 0 Å². The van der Waals surface area contributed by atoms with Crippen molar-refractivity contribution in [1.29, 1.82) is 0 Å². The van der Waals surface area contributed by atoms with Gasteiger partial charge in [-0.15, -0.1) is 11.3 Å². The molecule has 4 heterocycles. The fourth-order valence-electron chi connectivity index (χ4n) is 6.37. The minimum Gasteiger partial charge on any atom is -0.381 e. The fourth-order valence-corrected chi connectivity index (χ4v) is 7.33. The number of aromatic nitrogens is 2. The molecule has 6 nitrogen and oxygen atoms in total. The average molecular weight is 616 g/mol. The van der Waals surface area contributed by atoms with Crippen LogP contribution < -0.4 is 5.56 Å². The van der Waals surface area contributed by atoms with Crippen LogP contribution in [0.25, 0.3) is 27.5 Å². The van der Waals surface area contributed by atoms with Gasteiger partial charge < -0.3 is 9.64 Å². The van der Waals surface area contributed by atoms with Crippen molar-refractivity contribution in [2.75, 3.05) is 26.3 Å². The molecule has 2 aliphatic rings. The third-order valence-corrected chi connectivity index (χ3v) is 9.87. The normalized spacial score (nSPS) is 17.0. The molecule has 8 heteroatoms. The van der Waals surface area contributed by atoms with Crippen molar-refractivity contribution in [2.24, 2.45) is 5.92 Å². The summed E-state index contributed by atoms with van der Waals surface area (Å²) in [5.74, 6) is 0.254. The highest BCUT2D eigenvalue weighted by molar-refractivity contribution is 7.13. The molecule has 43 heavy (non-hydrogen) atoms. The van der Waals surface area contributed by atoms with Gasteiger partial charge in [-0.1, -0.05) is 55.8 Å². The molecule has 0 saturated carbocycles. The van der Waals surface area contributed by atoms with Crippen LogP contribution in [0.4, 0.5) is 0 Å². The van der Waals surface area contributed by atoms with Crippen molar-refractivity contribution >= 4 is 28.8 Å². The second-order valence-corrected chi connectivity index (χ2v) is 12.8. The summed E-state index contributed by atoms with van der Waals surface area (Å²) in [5.41, 5.74) is 6.56. The Balaban J connectivity index is 1.61. The number of nitrogens with zero attached hydrogens (tertiary/aromatic N) is 3. The lowest BCUT2D eigenvalue weighted by molar-refractivity contribution is 0.0722. The van der Waals surface area contributed by atoms with Crippen molar-refractivity contribution in [3.63, 3.8) is 0 Å². The van der Waals surface area contributed by atoms with E-state index >= 15 is 0 Å². The first-order valence-corrected chi connectivity index (χ1v) is 16.7. The van der Waals surface area contributed by atoms with Gasteiger partial charge in [0.2, 0.25) is 0 Å². The highest BCUT2D eigenvalue weighted by atomic mass is 35.5. The summed E-state index contributed by atoms with van der Waals surface area (Å²) in [6.07, 6.45) is 6.22. The van der Waals surface area contributed by atoms with Crippen LogP contribution in [0.5, 0.6) is 0 Å². The van der Waals surface area contributed by atoms with Gasteiger partial charge in [-0.25, -0.2) is 4.98 Å². The molecule has 0 bridgehead atoms. The number of rotatable bonds is 8. The van der Waals surface area contributed by atoms with Gasteiger partial charge in [0.1, 0.15) is 5.01 Å². The molecule has 0 radical (unpaired) electrons. The monoisotopic (exact) mass is 615 g/mol. The number of pyridine rings is 1. The van der Waals surface area contributed by atoms with E-state index in [1.54, 1.807) is 0 Å². The molecule has 2 saturated heterocycles. The highest BCUT2D eigenvalue weighted by Crippen LogP contribution is 2.33.